The van der Waals surface area contributed by atoms with Gasteiger partial charge in [-0.1, -0.05) is 19.6 Å². The highest BCUT2D eigenvalue weighted by Crippen LogP contribution is 2.08. The predicted octanol–water partition coefficient (Wildman–Crippen LogP) is 2.32. The maximum atomic E-state index is 11.5. The Labute approximate surface area is 121 Å². The molecule has 0 aliphatic heterocycles. The fourth-order valence-electron chi connectivity index (χ4n) is 1.20. The number of carboxylic acid groups (broad SMARTS) is 1. The Morgan fingerprint density at radius 1 is 1.25 bits per heavy atom. The summed E-state index contributed by atoms with van der Waals surface area (Å²) in [5.41, 5.74) is -0.661. The van der Waals surface area contributed by atoms with Crippen molar-refractivity contribution in [1.29, 1.82) is 0 Å². The van der Waals surface area contributed by atoms with E-state index in [0.717, 1.165) is 6.04 Å². The number of aliphatic carboxylic acids is 1. The molecule has 0 aromatic rings. The first kappa shape index (κ1) is 18.9. The van der Waals surface area contributed by atoms with Gasteiger partial charge < -0.3 is 19.9 Å². The van der Waals surface area contributed by atoms with E-state index in [1.807, 2.05) is 0 Å². The number of nitrogens with one attached hydrogen (secondary N) is 1. The molecule has 0 rings (SSSR count). The number of hydrogen-bond acceptors (Lipinski definition) is 4. The van der Waals surface area contributed by atoms with Crippen molar-refractivity contribution >= 4 is 20.1 Å². The molecule has 6 nitrogen and oxygen atoms in total. The number of ether oxygens (including phenoxy) is 2. The highest BCUT2D eigenvalue weighted by atomic mass is 28.3. The molecule has 7 heteroatoms. The molecule has 0 saturated heterocycles. The highest BCUT2D eigenvalue weighted by molar-refractivity contribution is 6.76. The Balaban J connectivity index is 4.18. The number of hydrogen-bond donors (Lipinski definition) is 2. The Hall–Kier alpha value is -1.08. The van der Waals surface area contributed by atoms with Gasteiger partial charge in [-0.05, 0) is 26.8 Å². The van der Waals surface area contributed by atoms with Crippen LogP contribution in [0.1, 0.15) is 20.8 Å². The Kier molecular flexibility index (Phi) is 7.22. The van der Waals surface area contributed by atoms with E-state index in [2.05, 4.69) is 25.0 Å². The van der Waals surface area contributed by atoms with Crippen LogP contribution in [0.4, 0.5) is 4.79 Å². The molecule has 0 aromatic carbocycles. The summed E-state index contributed by atoms with van der Waals surface area (Å²) in [7, 11) is -1.20. The van der Waals surface area contributed by atoms with Crippen LogP contribution in [0.3, 0.4) is 0 Å². The van der Waals surface area contributed by atoms with E-state index in [1.165, 1.54) is 0 Å². The maximum Gasteiger partial charge on any atom is 0.408 e. The highest BCUT2D eigenvalue weighted by Gasteiger charge is 2.24. The number of rotatable bonds is 7. The van der Waals surface area contributed by atoms with Crippen molar-refractivity contribution in [3.63, 3.8) is 0 Å². The van der Waals surface area contributed by atoms with Crippen molar-refractivity contribution in [1.82, 2.24) is 5.32 Å². The smallest absolute Gasteiger partial charge is 0.408 e. The average Bonchev–Trinajstić information content (AvgIpc) is 2.17. The summed E-state index contributed by atoms with van der Waals surface area (Å²) in [5.74, 6) is -1.14. The third kappa shape index (κ3) is 10.8. The number of carbonyl (C=O) groups excluding carboxylic acids is 1. The minimum atomic E-state index is -1.20. The zero-order valence-corrected chi connectivity index (χ0v) is 14.3. The van der Waals surface area contributed by atoms with Gasteiger partial charge in [-0.15, -0.1) is 0 Å². The van der Waals surface area contributed by atoms with E-state index in [1.54, 1.807) is 20.8 Å². The van der Waals surface area contributed by atoms with E-state index < -0.39 is 31.8 Å². The molecule has 0 saturated carbocycles. The van der Waals surface area contributed by atoms with Crippen LogP contribution in [-0.4, -0.2) is 50.1 Å². The standard InChI is InChI=1S/C13H27NO5Si/c1-13(2,3)19-12(17)14-10(11(15)16)9-18-7-8-20(4,5)6/h10H,7-9H2,1-6H3,(H,14,17)(H,15,16)/t10-/m0/s1. The number of carbonyl (C=O) groups is 2. The van der Waals surface area contributed by atoms with Crippen molar-refractivity contribution < 1.29 is 24.2 Å². The van der Waals surface area contributed by atoms with E-state index in [-0.39, 0.29) is 6.61 Å². The zero-order chi connectivity index (χ0) is 16.0. The molecule has 0 unspecified atom stereocenters. The lowest BCUT2D eigenvalue weighted by Gasteiger charge is -2.22. The summed E-state index contributed by atoms with van der Waals surface area (Å²) in [6, 6.07) is -0.141. The normalized spacial score (nSPS) is 13.7. The quantitative estimate of drug-likeness (QED) is 0.557. The third-order valence-electron chi connectivity index (χ3n) is 2.27. The molecule has 1 atom stereocenters. The van der Waals surface area contributed by atoms with Crippen LogP contribution >= 0.6 is 0 Å². The minimum absolute atomic E-state index is 0.0565. The molecule has 1 amide bonds. The lowest BCUT2D eigenvalue weighted by atomic mass is 10.2. The average molecular weight is 305 g/mol. The Morgan fingerprint density at radius 3 is 2.20 bits per heavy atom. The summed E-state index contributed by atoms with van der Waals surface area (Å²) in [6.45, 7) is 12.2. The largest absolute Gasteiger partial charge is 0.480 e. The second kappa shape index (κ2) is 7.63. The molecule has 0 aliphatic carbocycles. The molecule has 0 aromatic heterocycles. The summed E-state index contributed by atoms with van der Waals surface area (Å²) in [4.78, 5) is 22.6. The van der Waals surface area contributed by atoms with Gasteiger partial charge in [0.05, 0.1) is 6.61 Å². The molecule has 0 heterocycles. The van der Waals surface area contributed by atoms with Gasteiger partial charge in [-0.2, -0.15) is 0 Å². The second-order valence-electron chi connectivity index (χ2n) is 6.92. The van der Waals surface area contributed by atoms with Gasteiger partial charge in [0.2, 0.25) is 0 Å². The second-order valence-corrected chi connectivity index (χ2v) is 12.5. The topological polar surface area (TPSA) is 84.9 Å². The van der Waals surface area contributed by atoms with Gasteiger partial charge in [-0.3, -0.25) is 0 Å². The monoisotopic (exact) mass is 305 g/mol. The molecule has 118 valence electrons. The summed E-state index contributed by atoms with van der Waals surface area (Å²) >= 11 is 0. The van der Waals surface area contributed by atoms with Crippen molar-refractivity contribution in [3.05, 3.63) is 0 Å². The fourth-order valence-corrected chi connectivity index (χ4v) is 1.96. The van der Waals surface area contributed by atoms with E-state index in [0.29, 0.717) is 6.61 Å². The Morgan fingerprint density at radius 2 is 1.80 bits per heavy atom. The molecule has 0 radical (unpaired) electrons. The van der Waals surface area contributed by atoms with E-state index in [4.69, 9.17) is 14.6 Å². The van der Waals surface area contributed by atoms with Gasteiger partial charge >= 0.3 is 12.1 Å². The Bertz CT molecular complexity index is 333. The van der Waals surface area contributed by atoms with Crippen LogP contribution in [0.2, 0.25) is 25.7 Å². The van der Waals surface area contributed by atoms with Crippen LogP contribution in [0, 0.1) is 0 Å². The lowest BCUT2D eigenvalue weighted by molar-refractivity contribution is -0.141. The van der Waals surface area contributed by atoms with Crippen LogP contribution in [0.25, 0.3) is 0 Å². The van der Waals surface area contributed by atoms with Crippen molar-refractivity contribution in [2.75, 3.05) is 13.2 Å². The first-order valence-corrected chi connectivity index (χ1v) is 10.4. The van der Waals surface area contributed by atoms with E-state index in [9.17, 15) is 9.59 Å². The van der Waals surface area contributed by atoms with Crippen molar-refractivity contribution in [2.45, 2.75) is 58.1 Å². The molecular formula is C13H27NO5Si. The van der Waals surface area contributed by atoms with Crippen LogP contribution < -0.4 is 5.32 Å². The molecule has 2 N–H and O–H groups in total. The zero-order valence-electron chi connectivity index (χ0n) is 13.3. The van der Waals surface area contributed by atoms with Gasteiger partial charge in [0, 0.05) is 14.7 Å². The molecular weight excluding hydrogens is 278 g/mol. The number of alkyl carbamates (subject to hydrolysis) is 1. The van der Waals surface area contributed by atoms with Crippen LogP contribution in [0.5, 0.6) is 0 Å². The maximum absolute atomic E-state index is 11.5. The number of carboxylic acids is 1. The fraction of sp³-hybridized carbons (Fsp3) is 0.846. The van der Waals surface area contributed by atoms with E-state index >= 15 is 0 Å². The minimum Gasteiger partial charge on any atom is -0.480 e. The SMILES string of the molecule is CC(C)(C)OC(=O)N[C@@H](COCC[Si](C)(C)C)C(=O)O. The lowest BCUT2D eigenvalue weighted by Crippen LogP contribution is -2.46. The predicted molar refractivity (Wildman–Crippen MR) is 79.8 cm³/mol. The van der Waals surface area contributed by atoms with Gasteiger partial charge in [0.1, 0.15) is 5.60 Å². The van der Waals surface area contributed by atoms with Crippen LogP contribution in [0.15, 0.2) is 0 Å². The summed E-state index contributed by atoms with van der Waals surface area (Å²) < 4.78 is 10.4. The molecule has 20 heavy (non-hydrogen) atoms. The molecule has 0 aliphatic rings. The first-order valence-electron chi connectivity index (χ1n) is 6.71. The number of amides is 1. The van der Waals surface area contributed by atoms with Gasteiger partial charge in [-0.25, -0.2) is 9.59 Å². The van der Waals surface area contributed by atoms with Gasteiger partial charge in [0.25, 0.3) is 0 Å². The summed E-state index contributed by atoms with van der Waals surface area (Å²) in [6.07, 6.45) is -0.751. The van der Waals surface area contributed by atoms with Crippen molar-refractivity contribution in [2.24, 2.45) is 0 Å². The first-order chi connectivity index (χ1) is 8.91. The van der Waals surface area contributed by atoms with Crippen LogP contribution in [-0.2, 0) is 14.3 Å². The third-order valence-corrected chi connectivity index (χ3v) is 3.97. The molecule has 0 spiro atoms. The molecule has 0 bridgehead atoms. The summed E-state index contributed by atoms with van der Waals surface area (Å²) in [5, 5.41) is 11.3. The van der Waals surface area contributed by atoms with Crippen molar-refractivity contribution in [3.8, 4) is 0 Å². The van der Waals surface area contributed by atoms with Gasteiger partial charge in [0.15, 0.2) is 6.04 Å². The molecule has 0 fully saturated rings.